The molecule has 3 aromatic rings. The Morgan fingerprint density at radius 1 is 1.40 bits per heavy atom. The molecule has 0 amide bonds. The van der Waals surface area contributed by atoms with Gasteiger partial charge < -0.3 is 4.52 Å². The molecule has 2 heterocycles. The van der Waals surface area contributed by atoms with Crippen molar-refractivity contribution in [2.45, 2.75) is 29.9 Å². The van der Waals surface area contributed by atoms with Gasteiger partial charge in [0.1, 0.15) is 0 Å². The third-order valence-corrected chi connectivity index (χ3v) is 5.21. The van der Waals surface area contributed by atoms with Crippen molar-refractivity contribution in [1.82, 2.24) is 15.1 Å². The number of thiazole rings is 1. The highest BCUT2D eigenvalue weighted by Gasteiger charge is 2.17. The van der Waals surface area contributed by atoms with Crippen LogP contribution in [0.1, 0.15) is 30.8 Å². The second-order valence-corrected chi connectivity index (χ2v) is 7.31. The number of rotatable bonds is 4. The van der Waals surface area contributed by atoms with Crippen molar-refractivity contribution in [2.24, 2.45) is 0 Å². The van der Waals surface area contributed by atoms with Gasteiger partial charge in [0.15, 0.2) is 10.2 Å². The molecule has 0 aliphatic carbocycles. The molecule has 104 valence electrons. The Labute approximate surface area is 129 Å². The molecular weight excluding hydrogens is 314 g/mol. The number of benzene rings is 1. The molecule has 2 aromatic heterocycles. The van der Waals surface area contributed by atoms with Gasteiger partial charge in [-0.05, 0) is 25.1 Å². The summed E-state index contributed by atoms with van der Waals surface area (Å²) in [4.78, 5) is 8.92. The summed E-state index contributed by atoms with van der Waals surface area (Å²) in [6.45, 7) is 4.04. The van der Waals surface area contributed by atoms with Crippen LogP contribution in [-0.4, -0.2) is 15.1 Å². The van der Waals surface area contributed by atoms with Gasteiger partial charge >= 0.3 is 0 Å². The van der Waals surface area contributed by atoms with Crippen molar-refractivity contribution in [1.29, 1.82) is 0 Å². The van der Waals surface area contributed by atoms with Crippen LogP contribution in [0.25, 0.3) is 10.2 Å². The summed E-state index contributed by atoms with van der Waals surface area (Å²) in [6, 6.07) is 5.75. The summed E-state index contributed by atoms with van der Waals surface area (Å²) in [7, 11) is 0. The zero-order chi connectivity index (χ0) is 14.1. The van der Waals surface area contributed by atoms with Gasteiger partial charge in [-0.15, -0.1) is 11.3 Å². The van der Waals surface area contributed by atoms with Crippen molar-refractivity contribution >= 4 is 44.9 Å². The summed E-state index contributed by atoms with van der Waals surface area (Å²) in [5.41, 5.74) is 0.928. The largest absolute Gasteiger partial charge is 0.338 e. The molecular formula is C13H12ClN3OS2. The van der Waals surface area contributed by atoms with Crippen LogP contribution in [-0.2, 0) is 6.42 Å². The fourth-order valence-electron chi connectivity index (χ4n) is 1.71. The predicted octanol–water partition coefficient (Wildman–Crippen LogP) is 4.75. The second kappa shape index (κ2) is 5.71. The SMILES string of the molecule is CCc1noc(C(C)Sc2nc3cc(Cl)ccc3s2)n1. The Hall–Kier alpha value is -1.11. The van der Waals surface area contributed by atoms with E-state index in [9.17, 15) is 0 Å². The third kappa shape index (κ3) is 2.82. The average Bonchev–Trinajstić information content (AvgIpc) is 3.03. The van der Waals surface area contributed by atoms with Gasteiger partial charge in [-0.25, -0.2) is 4.98 Å². The number of thioether (sulfide) groups is 1. The van der Waals surface area contributed by atoms with Crippen LogP contribution in [0.5, 0.6) is 0 Å². The van der Waals surface area contributed by atoms with Gasteiger partial charge in [-0.2, -0.15) is 4.98 Å². The topological polar surface area (TPSA) is 51.8 Å². The minimum atomic E-state index is 0.0823. The lowest BCUT2D eigenvalue weighted by Gasteiger charge is -2.01. The molecule has 0 saturated carbocycles. The van der Waals surface area contributed by atoms with Gasteiger partial charge in [0.2, 0.25) is 5.89 Å². The van der Waals surface area contributed by atoms with Gasteiger partial charge in [0, 0.05) is 11.4 Å². The van der Waals surface area contributed by atoms with E-state index in [2.05, 4.69) is 15.1 Å². The Morgan fingerprint density at radius 3 is 3.00 bits per heavy atom. The maximum absolute atomic E-state index is 5.97. The van der Waals surface area contributed by atoms with Crippen molar-refractivity contribution in [3.8, 4) is 0 Å². The Bertz CT molecular complexity index is 740. The first-order valence-corrected chi connectivity index (χ1v) is 8.28. The van der Waals surface area contributed by atoms with Crippen LogP contribution in [0, 0.1) is 0 Å². The van der Waals surface area contributed by atoms with E-state index in [4.69, 9.17) is 16.1 Å². The van der Waals surface area contributed by atoms with Gasteiger partial charge in [-0.1, -0.05) is 35.4 Å². The second-order valence-electron chi connectivity index (χ2n) is 4.25. The van der Waals surface area contributed by atoms with Crippen molar-refractivity contribution in [3.05, 3.63) is 34.9 Å². The molecule has 1 atom stereocenters. The Morgan fingerprint density at radius 2 is 2.25 bits per heavy atom. The molecule has 1 aromatic carbocycles. The highest BCUT2D eigenvalue weighted by atomic mass is 35.5. The van der Waals surface area contributed by atoms with Gasteiger partial charge in [0.25, 0.3) is 0 Å². The maximum Gasteiger partial charge on any atom is 0.239 e. The summed E-state index contributed by atoms with van der Waals surface area (Å²) in [5, 5.41) is 4.71. The molecule has 0 radical (unpaired) electrons. The van der Waals surface area contributed by atoms with E-state index in [1.54, 1.807) is 23.1 Å². The lowest BCUT2D eigenvalue weighted by atomic mass is 10.3. The normalized spacial score (nSPS) is 12.9. The van der Waals surface area contributed by atoms with Gasteiger partial charge in [-0.3, -0.25) is 0 Å². The number of aryl methyl sites for hydroxylation is 1. The third-order valence-electron chi connectivity index (χ3n) is 2.76. The van der Waals surface area contributed by atoms with E-state index in [0.29, 0.717) is 10.9 Å². The van der Waals surface area contributed by atoms with Crippen LogP contribution in [0.15, 0.2) is 27.1 Å². The number of nitrogens with zero attached hydrogens (tertiary/aromatic N) is 3. The Kier molecular flexibility index (Phi) is 3.96. The van der Waals surface area contributed by atoms with Crippen LogP contribution < -0.4 is 0 Å². The molecule has 3 rings (SSSR count). The molecule has 20 heavy (non-hydrogen) atoms. The quantitative estimate of drug-likeness (QED) is 0.648. The van der Waals surface area contributed by atoms with Crippen LogP contribution >= 0.6 is 34.7 Å². The monoisotopic (exact) mass is 325 g/mol. The molecule has 0 aliphatic heterocycles. The summed E-state index contributed by atoms with van der Waals surface area (Å²) >= 11 is 9.24. The molecule has 0 N–H and O–H groups in total. The van der Waals surface area contributed by atoms with Crippen LogP contribution in [0.2, 0.25) is 5.02 Å². The highest BCUT2D eigenvalue weighted by molar-refractivity contribution is 8.01. The predicted molar refractivity (Wildman–Crippen MR) is 82.6 cm³/mol. The van der Waals surface area contributed by atoms with E-state index in [0.717, 1.165) is 26.8 Å². The zero-order valence-corrected chi connectivity index (χ0v) is 13.3. The lowest BCUT2D eigenvalue weighted by molar-refractivity contribution is 0.375. The maximum atomic E-state index is 5.97. The summed E-state index contributed by atoms with van der Waals surface area (Å²) in [6.07, 6.45) is 0.778. The molecule has 7 heteroatoms. The molecule has 4 nitrogen and oxygen atoms in total. The van der Waals surface area contributed by atoms with Crippen molar-refractivity contribution < 1.29 is 4.52 Å². The number of aromatic nitrogens is 3. The van der Waals surface area contributed by atoms with Crippen LogP contribution in [0.3, 0.4) is 0 Å². The first kappa shape index (κ1) is 13.9. The van der Waals surface area contributed by atoms with E-state index in [1.165, 1.54) is 0 Å². The van der Waals surface area contributed by atoms with E-state index in [-0.39, 0.29) is 5.25 Å². The average molecular weight is 326 g/mol. The molecule has 0 bridgehead atoms. The fourth-order valence-corrected chi connectivity index (χ4v) is 4.10. The smallest absolute Gasteiger partial charge is 0.239 e. The highest BCUT2D eigenvalue weighted by Crippen LogP contribution is 2.38. The van der Waals surface area contributed by atoms with E-state index < -0.39 is 0 Å². The first-order chi connectivity index (χ1) is 9.65. The lowest BCUT2D eigenvalue weighted by Crippen LogP contribution is -1.89. The number of fused-ring (bicyclic) bond motifs is 1. The number of halogens is 1. The van der Waals surface area contributed by atoms with Gasteiger partial charge in [0.05, 0.1) is 15.5 Å². The summed E-state index contributed by atoms with van der Waals surface area (Å²) in [5.74, 6) is 1.38. The fraction of sp³-hybridized carbons (Fsp3) is 0.308. The summed E-state index contributed by atoms with van der Waals surface area (Å²) < 4.78 is 7.36. The molecule has 1 unspecified atom stereocenters. The van der Waals surface area contributed by atoms with Crippen molar-refractivity contribution in [2.75, 3.05) is 0 Å². The molecule has 0 fully saturated rings. The number of hydrogen-bond acceptors (Lipinski definition) is 6. The molecule has 0 aliphatic rings. The number of hydrogen-bond donors (Lipinski definition) is 0. The molecule has 0 spiro atoms. The standard InChI is InChI=1S/C13H12ClN3OS2/c1-3-11-16-12(18-17-11)7(2)19-13-15-9-6-8(14)4-5-10(9)20-13/h4-7H,3H2,1-2H3. The minimum Gasteiger partial charge on any atom is -0.338 e. The Balaban J connectivity index is 1.81. The van der Waals surface area contributed by atoms with Crippen LogP contribution in [0.4, 0.5) is 0 Å². The minimum absolute atomic E-state index is 0.0823. The molecule has 0 saturated heterocycles. The van der Waals surface area contributed by atoms with E-state index >= 15 is 0 Å². The zero-order valence-electron chi connectivity index (χ0n) is 11.0. The van der Waals surface area contributed by atoms with E-state index in [1.807, 2.05) is 32.0 Å². The van der Waals surface area contributed by atoms with Crippen molar-refractivity contribution in [3.63, 3.8) is 0 Å². The first-order valence-electron chi connectivity index (χ1n) is 6.21.